The van der Waals surface area contributed by atoms with Crippen molar-refractivity contribution in [3.63, 3.8) is 0 Å². The maximum atomic E-state index is 12.7. The van der Waals surface area contributed by atoms with Gasteiger partial charge in [0.2, 0.25) is 0 Å². The van der Waals surface area contributed by atoms with Crippen LogP contribution in [-0.2, 0) is 0 Å². The highest BCUT2D eigenvalue weighted by Crippen LogP contribution is 2.18. The number of hydrogen-bond acceptors (Lipinski definition) is 4. The fraction of sp³-hybridized carbons (Fsp3) is 0.111. The second-order valence-corrected chi connectivity index (χ2v) is 3.05. The summed E-state index contributed by atoms with van der Waals surface area (Å²) in [6, 6.07) is 5.76. The normalized spacial score (nSPS) is 12.7. The molecule has 0 aliphatic carbocycles. The summed E-state index contributed by atoms with van der Waals surface area (Å²) in [5.41, 5.74) is 4.08. The monoisotopic (exact) mass is 207 g/mol. The van der Waals surface area contributed by atoms with Crippen LogP contribution in [0, 0.1) is 5.82 Å². The van der Waals surface area contributed by atoms with Gasteiger partial charge in [-0.05, 0) is 17.7 Å². The number of benzene rings is 1. The second kappa shape index (κ2) is 4.16. The van der Waals surface area contributed by atoms with E-state index in [1.807, 2.05) is 0 Å². The number of nitrogens with one attached hydrogen (secondary N) is 2. The van der Waals surface area contributed by atoms with E-state index in [0.29, 0.717) is 5.69 Å². The van der Waals surface area contributed by atoms with Crippen molar-refractivity contribution in [2.75, 3.05) is 0 Å². The van der Waals surface area contributed by atoms with Crippen molar-refractivity contribution in [2.24, 2.45) is 5.84 Å². The summed E-state index contributed by atoms with van der Waals surface area (Å²) in [6.45, 7) is 0. The van der Waals surface area contributed by atoms with Gasteiger partial charge in [-0.25, -0.2) is 9.82 Å². The third kappa shape index (κ3) is 2.00. The van der Waals surface area contributed by atoms with E-state index in [1.165, 1.54) is 12.1 Å². The van der Waals surface area contributed by atoms with Crippen molar-refractivity contribution >= 4 is 0 Å². The van der Waals surface area contributed by atoms with Crippen molar-refractivity contribution < 1.29 is 4.39 Å². The fourth-order valence-corrected chi connectivity index (χ4v) is 1.36. The highest BCUT2D eigenvalue weighted by molar-refractivity contribution is 5.26. The van der Waals surface area contributed by atoms with Crippen LogP contribution in [0.25, 0.3) is 0 Å². The Labute approximate surface area is 85.5 Å². The Hall–Kier alpha value is -1.79. The highest BCUT2D eigenvalue weighted by atomic mass is 19.1. The third-order valence-electron chi connectivity index (χ3n) is 2.10. The predicted molar refractivity (Wildman–Crippen MR) is 51.9 cm³/mol. The molecule has 0 spiro atoms. The van der Waals surface area contributed by atoms with Crippen LogP contribution in [0.15, 0.2) is 30.5 Å². The molecule has 0 bridgehead atoms. The van der Waals surface area contributed by atoms with E-state index in [9.17, 15) is 4.39 Å². The van der Waals surface area contributed by atoms with Crippen LogP contribution >= 0.6 is 0 Å². The van der Waals surface area contributed by atoms with Gasteiger partial charge in [-0.15, -0.1) is 0 Å². The van der Waals surface area contributed by atoms with E-state index >= 15 is 0 Å². The van der Waals surface area contributed by atoms with E-state index in [2.05, 4.69) is 20.8 Å². The molecule has 0 aliphatic heterocycles. The Morgan fingerprint density at radius 1 is 1.33 bits per heavy atom. The van der Waals surface area contributed by atoms with E-state index < -0.39 is 0 Å². The summed E-state index contributed by atoms with van der Waals surface area (Å²) in [7, 11) is 0. The minimum Gasteiger partial charge on any atom is -0.271 e. The molecule has 2 aromatic rings. The maximum absolute atomic E-state index is 12.7. The van der Waals surface area contributed by atoms with Gasteiger partial charge in [0, 0.05) is 0 Å². The summed E-state index contributed by atoms with van der Waals surface area (Å²) < 4.78 is 12.7. The molecule has 1 aromatic carbocycles. The van der Waals surface area contributed by atoms with Gasteiger partial charge in [-0.1, -0.05) is 12.1 Å². The van der Waals surface area contributed by atoms with Gasteiger partial charge < -0.3 is 0 Å². The van der Waals surface area contributed by atoms with E-state index in [0.717, 1.165) is 5.56 Å². The van der Waals surface area contributed by atoms with Gasteiger partial charge in [0.25, 0.3) is 0 Å². The molecule has 0 amide bonds. The molecule has 15 heavy (non-hydrogen) atoms. The van der Waals surface area contributed by atoms with Gasteiger partial charge in [-0.3, -0.25) is 5.84 Å². The van der Waals surface area contributed by atoms with Crippen molar-refractivity contribution in [3.8, 4) is 0 Å². The van der Waals surface area contributed by atoms with Crippen LogP contribution < -0.4 is 11.3 Å². The molecule has 0 radical (unpaired) electrons. The molecule has 1 heterocycles. The molecule has 6 heteroatoms. The predicted octanol–water partition coefficient (Wildman–Crippen LogP) is 0.496. The minimum atomic E-state index is -0.288. The van der Waals surface area contributed by atoms with Crippen molar-refractivity contribution in [2.45, 2.75) is 6.04 Å². The minimum absolute atomic E-state index is 0.283. The Balaban J connectivity index is 2.31. The summed E-state index contributed by atoms with van der Waals surface area (Å²) in [5.74, 6) is 5.13. The van der Waals surface area contributed by atoms with Gasteiger partial charge in [0.1, 0.15) is 11.5 Å². The average molecular weight is 207 g/mol. The number of nitrogens with two attached hydrogens (primary N) is 1. The first kappa shape index (κ1) is 9.75. The fourth-order valence-electron chi connectivity index (χ4n) is 1.36. The molecule has 0 saturated heterocycles. The smallest absolute Gasteiger partial charge is 0.123 e. The Kier molecular flexibility index (Phi) is 2.70. The van der Waals surface area contributed by atoms with Crippen LogP contribution in [0.4, 0.5) is 4.39 Å². The molecule has 0 aliphatic rings. The number of halogens is 1. The van der Waals surface area contributed by atoms with Crippen LogP contribution in [-0.4, -0.2) is 15.4 Å². The molecule has 4 N–H and O–H groups in total. The second-order valence-electron chi connectivity index (χ2n) is 3.05. The molecule has 1 unspecified atom stereocenters. The molecule has 2 rings (SSSR count). The summed E-state index contributed by atoms with van der Waals surface area (Å²) >= 11 is 0. The molecule has 1 aromatic heterocycles. The van der Waals surface area contributed by atoms with E-state index in [-0.39, 0.29) is 11.9 Å². The summed E-state index contributed by atoms with van der Waals surface area (Å²) in [4.78, 5) is 0. The highest BCUT2D eigenvalue weighted by Gasteiger charge is 2.14. The Morgan fingerprint density at radius 3 is 2.60 bits per heavy atom. The zero-order valence-electron chi connectivity index (χ0n) is 7.81. The average Bonchev–Trinajstić information content (AvgIpc) is 2.75. The van der Waals surface area contributed by atoms with Gasteiger partial charge in [0.05, 0.1) is 12.2 Å². The number of aromatic amines is 1. The number of hydrogen-bond donors (Lipinski definition) is 3. The lowest BCUT2D eigenvalue weighted by atomic mass is 10.1. The zero-order chi connectivity index (χ0) is 10.7. The van der Waals surface area contributed by atoms with Crippen LogP contribution in [0.3, 0.4) is 0 Å². The van der Waals surface area contributed by atoms with Crippen molar-refractivity contribution in [1.82, 2.24) is 20.8 Å². The van der Waals surface area contributed by atoms with Crippen LogP contribution in [0.5, 0.6) is 0 Å². The summed E-state index contributed by atoms with van der Waals surface area (Å²) in [5, 5.41) is 10.1. The molecule has 0 fully saturated rings. The van der Waals surface area contributed by atoms with Crippen molar-refractivity contribution in [1.29, 1.82) is 0 Å². The topological polar surface area (TPSA) is 79.6 Å². The van der Waals surface area contributed by atoms with E-state index in [4.69, 9.17) is 5.84 Å². The summed E-state index contributed by atoms with van der Waals surface area (Å²) in [6.07, 6.45) is 1.56. The lowest BCUT2D eigenvalue weighted by molar-refractivity contribution is 0.607. The lowest BCUT2D eigenvalue weighted by Crippen LogP contribution is -2.29. The quantitative estimate of drug-likeness (QED) is 0.505. The van der Waals surface area contributed by atoms with Gasteiger partial charge in [0.15, 0.2) is 0 Å². The third-order valence-corrected chi connectivity index (χ3v) is 2.10. The Bertz CT molecular complexity index is 411. The van der Waals surface area contributed by atoms with Crippen LogP contribution in [0.2, 0.25) is 0 Å². The van der Waals surface area contributed by atoms with Gasteiger partial charge >= 0.3 is 0 Å². The SMILES string of the molecule is NNC(c1ccc(F)cc1)c1cn[nH]n1. The molecule has 78 valence electrons. The number of hydrazine groups is 1. The van der Waals surface area contributed by atoms with Crippen molar-refractivity contribution in [3.05, 3.63) is 47.5 Å². The first-order chi connectivity index (χ1) is 7.31. The first-order valence-corrected chi connectivity index (χ1v) is 4.38. The maximum Gasteiger partial charge on any atom is 0.123 e. The lowest BCUT2D eigenvalue weighted by Gasteiger charge is -2.12. The molecular weight excluding hydrogens is 197 g/mol. The number of rotatable bonds is 3. The standard InChI is InChI=1S/C9H10FN5/c10-7-3-1-6(2-4-7)9(13-11)8-5-12-15-14-8/h1-5,9,13H,11H2,(H,12,14,15). The molecular formula is C9H10FN5. The largest absolute Gasteiger partial charge is 0.271 e. The number of nitrogens with zero attached hydrogens (tertiary/aromatic N) is 2. The van der Waals surface area contributed by atoms with E-state index in [1.54, 1.807) is 18.3 Å². The number of H-pyrrole nitrogens is 1. The first-order valence-electron chi connectivity index (χ1n) is 4.38. The molecule has 5 nitrogen and oxygen atoms in total. The van der Waals surface area contributed by atoms with Gasteiger partial charge in [-0.2, -0.15) is 15.4 Å². The zero-order valence-corrected chi connectivity index (χ0v) is 7.81. The Morgan fingerprint density at radius 2 is 2.07 bits per heavy atom. The molecule has 0 saturated carbocycles. The van der Waals surface area contributed by atoms with Crippen LogP contribution in [0.1, 0.15) is 17.3 Å². The molecule has 1 atom stereocenters. The number of aromatic nitrogens is 3.